The van der Waals surface area contributed by atoms with Gasteiger partial charge in [0.2, 0.25) is 0 Å². The maximum atomic E-state index is 12.1. The molecule has 1 aromatic heterocycles. The summed E-state index contributed by atoms with van der Waals surface area (Å²) in [5.74, 6) is -0.299. The first-order valence-electron chi connectivity index (χ1n) is 6.33. The zero-order valence-electron chi connectivity index (χ0n) is 11.4. The van der Waals surface area contributed by atoms with E-state index in [0.717, 1.165) is 19.6 Å². The van der Waals surface area contributed by atoms with E-state index in [1.54, 1.807) is 12.1 Å². The third-order valence-electron chi connectivity index (χ3n) is 2.83. The van der Waals surface area contributed by atoms with Crippen LogP contribution in [0.2, 0.25) is 10.2 Å². The van der Waals surface area contributed by atoms with E-state index in [2.05, 4.69) is 29.0 Å². The predicted octanol–water partition coefficient (Wildman–Crippen LogP) is 2.85. The molecule has 0 spiro atoms. The number of hydrogen-bond donors (Lipinski definition) is 1. The second kappa shape index (κ2) is 7.68. The average molecular weight is 304 g/mol. The fourth-order valence-corrected chi connectivity index (χ4v) is 2.12. The second-order valence-corrected chi connectivity index (χ2v) is 5.12. The van der Waals surface area contributed by atoms with Crippen molar-refractivity contribution in [2.45, 2.75) is 26.8 Å². The molecule has 0 fully saturated rings. The molecular formula is C13H19Cl2N3O. The number of hydrogen-bond acceptors (Lipinski definition) is 3. The van der Waals surface area contributed by atoms with Crippen molar-refractivity contribution in [2.24, 2.45) is 0 Å². The average Bonchev–Trinajstić information content (AvgIpc) is 2.38. The Morgan fingerprint density at radius 2 is 2.00 bits per heavy atom. The molecule has 1 heterocycles. The smallest absolute Gasteiger partial charge is 0.271 e. The van der Waals surface area contributed by atoms with Crippen LogP contribution in [0.3, 0.4) is 0 Å². The number of rotatable bonds is 6. The molecule has 0 aromatic carbocycles. The number of amides is 1. The van der Waals surface area contributed by atoms with Crippen LogP contribution in [0.4, 0.5) is 0 Å². The molecule has 0 aliphatic carbocycles. The first-order chi connectivity index (χ1) is 8.97. The van der Waals surface area contributed by atoms with Gasteiger partial charge in [0.05, 0.1) is 5.02 Å². The zero-order valence-corrected chi connectivity index (χ0v) is 12.9. The standard InChI is InChI=1S/C13H19Cl2N3O/c1-4-18(5-2)8-9(3)16-13(19)12-10(14)6-7-11(15)17-12/h6-7,9H,4-5,8H2,1-3H3,(H,16,19). The molecule has 0 aliphatic rings. The summed E-state index contributed by atoms with van der Waals surface area (Å²) in [7, 11) is 0. The van der Waals surface area contributed by atoms with Gasteiger partial charge in [0.25, 0.3) is 5.91 Å². The minimum atomic E-state index is -0.299. The summed E-state index contributed by atoms with van der Waals surface area (Å²) in [5.41, 5.74) is 0.167. The fraction of sp³-hybridized carbons (Fsp3) is 0.538. The van der Waals surface area contributed by atoms with Crippen LogP contribution in [0, 0.1) is 0 Å². The molecule has 4 nitrogen and oxygen atoms in total. The lowest BCUT2D eigenvalue weighted by Crippen LogP contribution is -2.42. The third kappa shape index (κ3) is 4.97. The van der Waals surface area contributed by atoms with Gasteiger partial charge in [-0.05, 0) is 32.1 Å². The Kier molecular flexibility index (Phi) is 6.55. The Morgan fingerprint density at radius 1 is 1.37 bits per heavy atom. The lowest BCUT2D eigenvalue weighted by atomic mass is 10.2. The quantitative estimate of drug-likeness (QED) is 0.822. The Hall–Kier alpha value is -0.840. The number of aromatic nitrogens is 1. The van der Waals surface area contributed by atoms with Crippen LogP contribution >= 0.6 is 23.2 Å². The highest BCUT2D eigenvalue weighted by molar-refractivity contribution is 6.34. The minimum Gasteiger partial charge on any atom is -0.347 e. The van der Waals surface area contributed by atoms with E-state index >= 15 is 0 Å². The first-order valence-corrected chi connectivity index (χ1v) is 7.08. The van der Waals surface area contributed by atoms with Gasteiger partial charge in [0, 0.05) is 12.6 Å². The molecule has 106 valence electrons. The van der Waals surface area contributed by atoms with Crippen molar-refractivity contribution in [3.05, 3.63) is 28.0 Å². The molecule has 1 aromatic rings. The van der Waals surface area contributed by atoms with Crippen molar-refractivity contribution in [3.8, 4) is 0 Å². The molecule has 0 saturated heterocycles. The topological polar surface area (TPSA) is 45.2 Å². The number of halogens is 2. The highest BCUT2D eigenvalue weighted by atomic mass is 35.5. The number of carbonyl (C=O) groups is 1. The number of nitrogens with zero attached hydrogens (tertiary/aromatic N) is 2. The van der Waals surface area contributed by atoms with E-state index < -0.39 is 0 Å². The van der Waals surface area contributed by atoms with E-state index in [1.807, 2.05) is 6.92 Å². The minimum absolute atomic E-state index is 0.0178. The summed E-state index contributed by atoms with van der Waals surface area (Å²) < 4.78 is 0. The van der Waals surface area contributed by atoms with Gasteiger partial charge in [0.1, 0.15) is 10.8 Å². The number of likely N-dealkylation sites (N-methyl/N-ethyl adjacent to an activating group) is 1. The van der Waals surface area contributed by atoms with E-state index in [4.69, 9.17) is 23.2 Å². The molecule has 1 atom stereocenters. The van der Waals surface area contributed by atoms with E-state index in [-0.39, 0.29) is 22.8 Å². The molecule has 1 unspecified atom stereocenters. The van der Waals surface area contributed by atoms with Crippen LogP contribution in [-0.4, -0.2) is 41.5 Å². The largest absolute Gasteiger partial charge is 0.347 e. The molecule has 0 saturated carbocycles. The first kappa shape index (κ1) is 16.2. The molecular weight excluding hydrogens is 285 g/mol. The summed E-state index contributed by atoms with van der Waals surface area (Å²) in [6.45, 7) is 8.83. The van der Waals surface area contributed by atoms with Crippen LogP contribution in [-0.2, 0) is 0 Å². The van der Waals surface area contributed by atoms with Gasteiger partial charge >= 0.3 is 0 Å². The van der Waals surface area contributed by atoms with Crippen molar-refractivity contribution in [1.29, 1.82) is 0 Å². The van der Waals surface area contributed by atoms with Crippen molar-refractivity contribution >= 4 is 29.1 Å². The second-order valence-electron chi connectivity index (χ2n) is 4.32. The number of carbonyl (C=O) groups excluding carboxylic acids is 1. The Morgan fingerprint density at radius 3 is 2.58 bits per heavy atom. The highest BCUT2D eigenvalue weighted by Crippen LogP contribution is 2.16. The summed E-state index contributed by atoms with van der Waals surface area (Å²) in [6.07, 6.45) is 0. The Labute approximate surface area is 124 Å². The van der Waals surface area contributed by atoms with E-state index in [1.165, 1.54) is 0 Å². The predicted molar refractivity (Wildman–Crippen MR) is 79.0 cm³/mol. The third-order valence-corrected chi connectivity index (χ3v) is 3.35. The molecule has 0 radical (unpaired) electrons. The van der Waals surface area contributed by atoms with Crippen molar-refractivity contribution in [2.75, 3.05) is 19.6 Å². The summed E-state index contributed by atoms with van der Waals surface area (Å²) in [6, 6.07) is 3.14. The van der Waals surface area contributed by atoms with Gasteiger partial charge in [-0.25, -0.2) is 4.98 Å². The maximum Gasteiger partial charge on any atom is 0.271 e. The SMILES string of the molecule is CCN(CC)CC(C)NC(=O)c1nc(Cl)ccc1Cl. The maximum absolute atomic E-state index is 12.1. The normalized spacial score (nSPS) is 12.5. The van der Waals surface area contributed by atoms with Crippen molar-refractivity contribution in [3.63, 3.8) is 0 Å². The van der Waals surface area contributed by atoms with Crippen LogP contribution in [0.25, 0.3) is 0 Å². The van der Waals surface area contributed by atoms with E-state index in [0.29, 0.717) is 5.02 Å². The molecule has 6 heteroatoms. The molecule has 1 rings (SSSR count). The number of nitrogens with one attached hydrogen (secondary N) is 1. The molecule has 0 aliphatic heterocycles. The van der Waals surface area contributed by atoms with Crippen LogP contribution in [0.1, 0.15) is 31.3 Å². The number of pyridine rings is 1. The van der Waals surface area contributed by atoms with Gasteiger partial charge < -0.3 is 10.2 Å². The molecule has 19 heavy (non-hydrogen) atoms. The fourth-order valence-electron chi connectivity index (χ4n) is 1.78. The van der Waals surface area contributed by atoms with Crippen LogP contribution < -0.4 is 5.32 Å². The van der Waals surface area contributed by atoms with Gasteiger partial charge in [-0.15, -0.1) is 0 Å². The molecule has 0 bridgehead atoms. The summed E-state index contributed by atoms with van der Waals surface area (Å²) in [4.78, 5) is 18.2. The summed E-state index contributed by atoms with van der Waals surface area (Å²) >= 11 is 11.7. The van der Waals surface area contributed by atoms with Gasteiger partial charge in [-0.1, -0.05) is 37.0 Å². The molecule has 1 N–H and O–H groups in total. The lowest BCUT2D eigenvalue weighted by molar-refractivity contribution is 0.0925. The van der Waals surface area contributed by atoms with Crippen molar-refractivity contribution < 1.29 is 4.79 Å². The monoisotopic (exact) mass is 303 g/mol. The Bertz CT molecular complexity index is 436. The van der Waals surface area contributed by atoms with Gasteiger partial charge in [-0.3, -0.25) is 4.79 Å². The molecule has 1 amide bonds. The highest BCUT2D eigenvalue weighted by Gasteiger charge is 2.16. The van der Waals surface area contributed by atoms with E-state index in [9.17, 15) is 4.79 Å². The Balaban J connectivity index is 2.66. The summed E-state index contributed by atoms with van der Waals surface area (Å²) in [5, 5.41) is 3.44. The zero-order chi connectivity index (χ0) is 14.4. The lowest BCUT2D eigenvalue weighted by Gasteiger charge is -2.23. The van der Waals surface area contributed by atoms with Crippen LogP contribution in [0.5, 0.6) is 0 Å². The van der Waals surface area contributed by atoms with Gasteiger partial charge in [-0.2, -0.15) is 0 Å². The van der Waals surface area contributed by atoms with Gasteiger partial charge in [0.15, 0.2) is 0 Å². The van der Waals surface area contributed by atoms with Crippen molar-refractivity contribution in [1.82, 2.24) is 15.2 Å². The van der Waals surface area contributed by atoms with Crippen LogP contribution in [0.15, 0.2) is 12.1 Å².